The molecule has 0 radical (unpaired) electrons. The number of aliphatic hydroxyl groups is 1. The Morgan fingerprint density at radius 3 is 2.44 bits per heavy atom. The minimum Gasteiger partial charge on any atom is -0.494 e. The molecule has 1 aromatic rings. The molecular formula is C13H20O3. The van der Waals surface area contributed by atoms with Crippen LogP contribution in [0, 0.1) is 0 Å². The quantitative estimate of drug-likeness (QED) is 0.723. The predicted molar refractivity (Wildman–Crippen MR) is 63.7 cm³/mol. The molecule has 1 atom stereocenters. The lowest BCUT2D eigenvalue weighted by Gasteiger charge is -2.08. The Hall–Kier alpha value is -1.06. The van der Waals surface area contributed by atoms with Crippen molar-refractivity contribution in [3.05, 3.63) is 29.8 Å². The zero-order valence-corrected chi connectivity index (χ0v) is 9.98. The van der Waals surface area contributed by atoms with Crippen molar-refractivity contribution in [3.8, 4) is 5.75 Å². The molecule has 0 bridgehead atoms. The maximum absolute atomic E-state index is 9.33. The van der Waals surface area contributed by atoms with Gasteiger partial charge in [0.1, 0.15) is 5.75 Å². The van der Waals surface area contributed by atoms with Gasteiger partial charge in [0.2, 0.25) is 0 Å². The normalized spacial score (nSPS) is 12.4. The second-order valence-corrected chi connectivity index (χ2v) is 3.64. The SMILES string of the molecule is CCOCCCOc1ccc(C(C)O)cc1. The Labute approximate surface area is 97.0 Å². The van der Waals surface area contributed by atoms with Gasteiger partial charge in [0.15, 0.2) is 0 Å². The summed E-state index contributed by atoms with van der Waals surface area (Å²) in [7, 11) is 0. The van der Waals surface area contributed by atoms with E-state index < -0.39 is 6.10 Å². The van der Waals surface area contributed by atoms with Gasteiger partial charge in [-0.05, 0) is 31.5 Å². The van der Waals surface area contributed by atoms with E-state index in [0.717, 1.165) is 30.9 Å². The minimum atomic E-state index is -0.424. The molecule has 0 heterocycles. The van der Waals surface area contributed by atoms with E-state index in [2.05, 4.69) is 0 Å². The van der Waals surface area contributed by atoms with Crippen LogP contribution in [-0.4, -0.2) is 24.9 Å². The average Bonchev–Trinajstić information content (AvgIpc) is 2.29. The highest BCUT2D eigenvalue weighted by atomic mass is 16.5. The van der Waals surface area contributed by atoms with Crippen molar-refractivity contribution < 1.29 is 14.6 Å². The summed E-state index contributed by atoms with van der Waals surface area (Å²) in [6.07, 6.45) is 0.471. The molecule has 1 unspecified atom stereocenters. The number of hydrogen-bond acceptors (Lipinski definition) is 3. The second kappa shape index (κ2) is 7.25. The summed E-state index contributed by atoms with van der Waals surface area (Å²) >= 11 is 0. The predicted octanol–water partition coefficient (Wildman–Crippen LogP) is 2.55. The molecule has 3 nitrogen and oxygen atoms in total. The molecule has 0 fully saturated rings. The van der Waals surface area contributed by atoms with Gasteiger partial charge in [0.25, 0.3) is 0 Å². The van der Waals surface area contributed by atoms with Crippen molar-refractivity contribution in [1.29, 1.82) is 0 Å². The number of ether oxygens (including phenoxy) is 2. The molecule has 0 saturated carbocycles. The first-order chi connectivity index (χ1) is 7.74. The number of benzene rings is 1. The highest BCUT2D eigenvalue weighted by Crippen LogP contribution is 2.17. The fourth-order valence-electron chi connectivity index (χ4n) is 1.34. The largest absolute Gasteiger partial charge is 0.494 e. The third kappa shape index (κ3) is 4.64. The minimum absolute atomic E-state index is 0.424. The van der Waals surface area contributed by atoms with E-state index in [9.17, 15) is 5.11 Å². The maximum atomic E-state index is 9.33. The summed E-state index contributed by atoms with van der Waals surface area (Å²) in [5.41, 5.74) is 0.904. The molecule has 0 aliphatic heterocycles. The van der Waals surface area contributed by atoms with Gasteiger partial charge < -0.3 is 14.6 Å². The summed E-state index contributed by atoms with van der Waals surface area (Å²) < 4.78 is 10.7. The molecule has 0 aliphatic rings. The molecule has 0 aliphatic carbocycles. The molecule has 90 valence electrons. The fourth-order valence-corrected chi connectivity index (χ4v) is 1.34. The van der Waals surface area contributed by atoms with Crippen LogP contribution in [-0.2, 0) is 4.74 Å². The first-order valence-electron chi connectivity index (χ1n) is 5.72. The van der Waals surface area contributed by atoms with Crippen LogP contribution in [0.25, 0.3) is 0 Å². The third-order valence-corrected chi connectivity index (χ3v) is 2.27. The third-order valence-electron chi connectivity index (χ3n) is 2.27. The van der Waals surface area contributed by atoms with Crippen molar-refractivity contribution in [1.82, 2.24) is 0 Å². The van der Waals surface area contributed by atoms with Crippen molar-refractivity contribution in [2.45, 2.75) is 26.4 Å². The van der Waals surface area contributed by atoms with Crippen LogP contribution in [0.15, 0.2) is 24.3 Å². The highest BCUT2D eigenvalue weighted by molar-refractivity contribution is 5.28. The Balaban J connectivity index is 2.27. The Morgan fingerprint density at radius 1 is 1.19 bits per heavy atom. The maximum Gasteiger partial charge on any atom is 0.119 e. The van der Waals surface area contributed by atoms with Gasteiger partial charge in [-0.15, -0.1) is 0 Å². The Kier molecular flexibility index (Phi) is 5.90. The summed E-state index contributed by atoms with van der Waals surface area (Å²) in [4.78, 5) is 0. The summed E-state index contributed by atoms with van der Waals surface area (Å²) in [5, 5.41) is 9.33. The lowest BCUT2D eigenvalue weighted by molar-refractivity contribution is 0.131. The van der Waals surface area contributed by atoms with E-state index >= 15 is 0 Å². The van der Waals surface area contributed by atoms with Crippen LogP contribution in [0.4, 0.5) is 0 Å². The van der Waals surface area contributed by atoms with Crippen molar-refractivity contribution in [2.75, 3.05) is 19.8 Å². The van der Waals surface area contributed by atoms with Gasteiger partial charge in [-0.1, -0.05) is 12.1 Å². The number of hydrogen-bond donors (Lipinski definition) is 1. The second-order valence-electron chi connectivity index (χ2n) is 3.64. The van der Waals surface area contributed by atoms with Gasteiger partial charge in [0, 0.05) is 19.6 Å². The number of aliphatic hydroxyl groups excluding tert-OH is 1. The summed E-state index contributed by atoms with van der Waals surface area (Å²) in [6.45, 7) is 5.88. The van der Waals surface area contributed by atoms with Gasteiger partial charge in [-0.3, -0.25) is 0 Å². The van der Waals surface area contributed by atoms with E-state index in [1.54, 1.807) is 6.92 Å². The molecule has 1 aromatic carbocycles. The Morgan fingerprint density at radius 2 is 1.88 bits per heavy atom. The van der Waals surface area contributed by atoms with E-state index in [0.29, 0.717) is 6.61 Å². The smallest absolute Gasteiger partial charge is 0.119 e. The first-order valence-corrected chi connectivity index (χ1v) is 5.72. The monoisotopic (exact) mass is 224 g/mol. The molecular weight excluding hydrogens is 204 g/mol. The molecule has 0 saturated heterocycles. The van der Waals surface area contributed by atoms with Crippen LogP contribution in [0.3, 0.4) is 0 Å². The van der Waals surface area contributed by atoms with E-state index in [-0.39, 0.29) is 0 Å². The zero-order chi connectivity index (χ0) is 11.8. The molecule has 0 aromatic heterocycles. The van der Waals surface area contributed by atoms with Gasteiger partial charge >= 0.3 is 0 Å². The van der Waals surface area contributed by atoms with Crippen molar-refractivity contribution >= 4 is 0 Å². The molecule has 1 N–H and O–H groups in total. The van der Waals surface area contributed by atoms with Crippen LogP contribution in [0.2, 0.25) is 0 Å². The van der Waals surface area contributed by atoms with Crippen molar-refractivity contribution in [3.63, 3.8) is 0 Å². The Bertz CT molecular complexity index is 280. The topological polar surface area (TPSA) is 38.7 Å². The van der Waals surface area contributed by atoms with E-state index in [1.165, 1.54) is 0 Å². The van der Waals surface area contributed by atoms with Crippen molar-refractivity contribution in [2.24, 2.45) is 0 Å². The molecule has 3 heteroatoms. The van der Waals surface area contributed by atoms with Gasteiger partial charge in [-0.2, -0.15) is 0 Å². The fraction of sp³-hybridized carbons (Fsp3) is 0.538. The van der Waals surface area contributed by atoms with Crippen LogP contribution < -0.4 is 4.74 Å². The van der Waals surface area contributed by atoms with E-state index in [4.69, 9.17) is 9.47 Å². The van der Waals surface area contributed by atoms with Gasteiger partial charge in [-0.25, -0.2) is 0 Å². The van der Waals surface area contributed by atoms with Crippen LogP contribution in [0.1, 0.15) is 31.9 Å². The standard InChI is InChI=1S/C13H20O3/c1-3-15-9-4-10-16-13-7-5-12(6-8-13)11(2)14/h5-8,11,14H,3-4,9-10H2,1-2H3. The van der Waals surface area contributed by atoms with E-state index in [1.807, 2.05) is 31.2 Å². The summed E-state index contributed by atoms with van der Waals surface area (Å²) in [5.74, 6) is 0.834. The zero-order valence-electron chi connectivity index (χ0n) is 9.98. The average molecular weight is 224 g/mol. The molecule has 0 spiro atoms. The van der Waals surface area contributed by atoms with Gasteiger partial charge in [0.05, 0.1) is 12.7 Å². The first kappa shape index (κ1) is 13.0. The number of rotatable bonds is 7. The van der Waals surface area contributed by atoms with Crippen LogP contribution >= 0.6 is 0 Å². The van der Waals surface area contributed by atoms with Crippen LogP contribution in [0.5, 0.6) is 5.75 Å². The molecule has 0 amide bonds. The molecule has 16 heavy (non-hydrogen) atoms. The lowest BCUT2D eigenvalue weighted by atomic mass is 10.1. The highest BCUT2D eigenvalue weighted by Gasteiger charge is 2.00. The molecule has 1 rings (SSSR count). The summed E-state index contributed by atoms with van der Waals surface area (Å²) in [6, 6.07) is 7.51. The lowest BCUT2D eigenvalue weighted by Crippen LogP contribution is -2.03.